The van der Waals surface area contributed by atoms with Crippen LogP contribution in [0.5, 0.6) is 0 Å². The molecule has 1 N–H and O–H groups in total. The molecule has 3 aromatic carbocycles. The first kappa shape index (κ1) is 20.6. The maximum Gasteiger partial charge on any atom is 0.243 e. The van der Waals surface area contributed by atoms with Crippen LogP contribution < -0.4 is 5.32 Å². The van der Waals surface area contributed by atoms with E-state index in [1.54, 1.807) is 48.5 Å². The molecule has 3 aromatic rings. The number of amides is 1. The average molecular weight is 416 g/mol. The Labute approximate surface area is 167 Å². The molecule has 1 amide bonds. The minimum Gasteiger partial charge on any atom is -0.320 e. The van der Waals surface area contributed by atoms with Gasteiger partial charge in [0, 0.05) is 6.54 Å². The van der Waals surface area contributed by atoms with Crippen LogP contribution in [-0.2, 0) is 21.4 Å². The van der Waals surface area contributed by atoms with Gasteiger partial charge in [-0.1, -0.05) is 54.6 Å². The number of benzene rings is 3. The van der Waals surface area contributed by atoms with E-state index in [-0.39, 0.29) is 11.4 Å². The number of anilines is 1. The van der Waals surface area contributed by atoms with Gasteiger partial charge >= 0.3 is 0 Å². The molecule has 0 aliphatic heterocycles. The molecule has 0 saturated heterocycles. The Morgan fingerprint density at radius 3 is 1.97 bits per heavy atom. The fourth-order valence-electron chi connectivity index (χ4n) is 2.71. The number of sulfonamides is 1. The number of halogens is 2. The molecule has 150 valence electrons. The minimum atomic E-state index is -4.02. The number of carbonyl (C=O) groups excluding carboxylic acids is 1. The molecular weight excluding hydrogens is 398 g/mol. The lowest BCUT2D eigenvalue weighted by Crippen LogP contribution is -2.37. The molecule has 0 aliphatic carbocycles. The van der Waals surface area contributed by atoms with Crippen molar-refractivity contribution in [3.8, 4) is 0 Å². The van der Waals surface area contributed by atoms with E-state index in [4.69, 9.17) is 0 Å². The van der Waals surface area contributed by atoms with Crippen molar-refractivity contribution >= 4 is 21.6 Å². The number of rotatable bonds is 7. The van der Waals surface area contributed by atoms with Crippen LogP contribution >= 0.6 is 0 Å². The Hall–Kier alpha value is -3.10. The highest BCUT2D eigenvalue weighted by Crippen LogP contribution is 2.20. The average Bonchev–Trinajstić information content (AvgIpc) is 2.72. The van der Waals surface area contributed by atoms with Crippen LogP contribution in [-0.4, -0.2) is 25.2 Å². The maximum absolute atomic E-state index is 13.8. The lowest BCUT2D eigenvalue weighted by molar-refractivity contribution is -0.116. The Morgan fingerprint density at radius 2 is 1.38 bits per heavy atom. The lowest BCUT2D eigenvalue weighted by atomic mass is 10.2. The third kappa shape index (κ3) is 5.04. The summed E-state index contributed by atoms with van der Waals surface area (Å²) in [5, 5.41) is 2.12. The first-order valence-electron chi connectivity index (χ1n) is 8.71. The number of nitrogens with one attached hydrogen (secondary N) is 1. The number of nitrogens with zero attached hydrogens (tertiary/aromatic N) is 1. The van der Waals surface area contributed by atoms with Crippen molar-refractivity contribution in [2.75, 3.05) is 11.9 Å². The van der Waals surface area contributed by atoms with Crippen LogP contribution in [0, 0.1) is 11.6 Å². The van der Waals surface area contributed by atoms with E-state index in [1.165, 1.54) is 18.2 Å². The van der Waals surface area contributed by atoms with Crippen molar-refractivity contribution in [2.24, 2.45) is 0 Å². The molecule has 0 aromatic heterocycles. The summed E-state index contributed by atoms with van der Waals surface area (Å²) >= 11 is 0. The van der Waals surface area contributed by atoms with E-state index < -0.39 is 39.8 Å². The van der Waals surface area contributed by atoms with Crippen LogP contribution in [0.15, 0.2) is 83.8 Å². The molecule has 0 unspecified atom stereocenters. The molecule has 0 heterocycles. The second-order valence-corrected chi connectivity index (χ2v) is 8.15. The largest absolute Gasteiger partial charge is 0.320 e. The van der Waals surface area contributed by atoms with Gasteiger partial charge in [0.1, 0.15) is 17.3 Å². The molecular formula is C21H18F2N2O3S. The maximum atomic E-state index is 13.8. The zero-order valence-electron chi connectivity index (χ0n) is 15.3. The molecule has 0 aliphatic rings. The van der Waals surface area contributed by atoms with Gasteiger partial charge in [0.2, 0.25) is 15.9 Å². The van der Waals surface area contributed by atoms with Crippen LogP contribution in [0.3, 0.4) is 0 Å². The summed E-state index contributed by atoms with van der Waals surface area (Å²) in [5.74, 6) is -2.75. The molecule has 0 bridgehead atoms. The number of carbonyl (C=O) groups is 1. The smallest absolute Gasteiger partial charge is 0.243 e. The summed E-state index contributed by atoms with van der Waals surface area (Å²) in [6.45, 7) is -0.689. The zero-order valence-corrected chi connectivity index (χ0v) is 16.1. The van der Waals surface area contributed by atoms with Crippen molar-refractivity contribution < 1.29 is 22.0 Å². The van der Waals surface area contributed by atoms with Crippen molar-refractivity contribution in [1.82, 2.24) is 4.31 Å². The predicted octanol–water partition coefficient (Wildman–Crippen LogP) is 3.79. The summed E-state index contributed by atoms with van der Waals surface area (Å²) < 4.78 is 54.7. The van der Waals surface area contributed by atoms with E-state index >= 15 is 0 Å². The van der Waals surface area contributed by atoms with Gasteiger partial charge in [-0.3, -0.25) is 4.79 Å². The molecule has 5 nitrogen and oxygen atoms in total. The van der Waals surface area contributed by atoms with E-state index in [1.807, 2.05) is 0 Å². The Kier molecular flexibility index (Phi) is 6.36. The van der Waals surface area contributed by atoms with Crippen LogP contribution in [0.25, 0.3) is 0 Å². The lowest BCUT2D eigenvalue weighted by Gasteiger charge is -2.22. The number of para-hydroxylation sites is 1. The second kappa shape index (κ2) is 8.93. The molecule has 0 spiro atoms. The van der Waals surface area contributed by atoms with Gasteiger partial charge in [-0.25, -0.2) is 17.2 Å². The number of hydrogen-bond donors (Lipinski definition) is 1. The Morgan fingerprint density at radius 1 is 0.828 bits per heavy atom. The topological polar surface area (TPSA) is 66.5 Å². The highest BCUT2D eigenvalue weighted by Gasteiger charge is 2.27. The van der Waals surface area contributed by atoms with Gasteiger partial charge in [-0.15, -0.1) is 0 Å². The molecule has 3 rings (SSSR count). The van der Waals surface area contributed by atoms with Crippen molar-refractivity contribution in [2.45, 2.75) is 11.4 Å². The van der Waals surface area contributed by atoms with Crippen molar-refractivity contribution in [1.29, 1.82) is 0 Å². The van der Waals surface area contributed by atoms with E-state index in [2.05, 4.69) is 5.32 Å². The quantitative estimate of drug-likeness (QED) is 0.637. The van der Waals surface area contributed by atoms with Crippen molar-refractivity contribution in [3.63, 3.8) is 0 Å². The van der Waals surface area contributed by atoms with Gasteiger partial charge in [0.05, 0.1) is 11.4 Å². The van der Waals surface area contributed by atoms with Crippen molar-refractivity contribution in [3.05, 3.63) is 96.1 Å². The molecule has 0 radical (unpaired) electrons. The van der Waals surface area contributed by atoms with E-state index in [0.717, 1.165) is 16.4 Å². The van der Waals surface area contributed by atoms with Crippen LogP contribution in [0.2, 0.25) is 0 Å². The molecule has 0 atom stereocenters. The number of hydrogen-bond acceptors (Lipinski definition) is 3. The Bertz CT molecular complexity index is 1070. The fraction of sp³-hybridized carbons (Fsp3) is 0.0952. The van der Waals surface area contributed by atoms with Gasteiger partial charge in [0.25, 0.3) is 0 Å². The fourth-order valence-corrected chi connectivity index (χ4v) is 4.12. The molecule has 29 heavy (non-hydrogen) atoms. The normalized spacial score (nSPS) is 11.4. The van der Waals surface area contributed by atoms with E-state index in [9.17, 15) is 22.0 Å². The predicted molar refractivity (Wildman–Crippen MR) is 105 cm³/mol. The van der Waals surface area contributed by atoms with Gasteiger partial charge in [-0.05, 0) is 29.8 Å². The summed E-state index contributed by atoms with van der Waals surface area (Å²) in [6, 6.07) is 19.6. The molecule has 0 saturated carbocycles. The van der Waals surface area contributed by atoms with E-state index in [0.29, 0.717) is 5.56 Å². The third-order valence-electron chi connectivity index (χ3n) is 4.13. The monoisotopic (exact) mass is 416 g/mol. The minimum absolute atomic E-state index is 0.0146. The zero-order chi connectivity index (χ0) is 20.9. The highest BCUT2D eigenvalue weighted by atomic mass is 32.2. The highest BCUT2D eigenvalue weighted by molar-refractivity contribution is 7.89. The van der Waals surface area contributed by atoms with Gasteiger partial charge < -0.3 is 5.32 Å². The first-order valence-corrected chi connectivity index (χ1v) is 10.1. The summed E-state index contributed by atoms with van der Waals surface area (Å²) in [4.78, 5) is 12.5. The summed E-state index contributed by atoms with van der Waals surface area (Å²) in [6.07, 6.45) is 0. The summed E-state index contributed by atoms with van der Waals surface area (Å²) in [5.41, 5.74) is 0.0474. The van der Waals surface area contributed by atoms with Gasteiger partial charge in [-0.2, -0.15) is 4.31 Å². The molecule has 0 fully saturated rings. The van der Waals surface area contributed by atoms with Crippen LogP contribution in [0.4, 0.5) is 14.5 Å². The molecule has 8 heteroatoms. The van der Waals surface area contributed by atoms with Gasteiger partial charge in [0.15, 0.2) is 0 Å². The summed E-state index contributed by atoms with van der Waals surface area (Å²) in [7, 11) is -4.02. The SMILES string of the molecule is O=C(CN(Cc1ccccc1)S(=O)(=O)c1ccccc1)Nc1c(F)cccc1F. The third-order valence-corrected chi connectivity index (χ3v) is 5.94. The standard InChI is InChI=1S/C21H18F2N2O3S/c22-18-12-7-13-19(23)21(18)24-20(26)15-25(14-16-8-3-1-4-9-16)29(27,28)17-10-5-2-6-11-17/h1-13H,14-15H2,(H,24,26). The first-order chi connectivity index (χ1) is 13.9. The Balaban J connectivity index is 1.88. The van der Waals surface area contributed by atoms with Crippen LogP contribution in [0.1, 0.15) is 5.56 Å². The second-order valence-electron chi connectivity index (χ2n) is 6.22.